The molecule has 0 aromatic heterocycles. The first-order valence-corrected chi connectivity index (χ1v) is 15.0. The van der Waals surface area contributed by atoms with Crippen LogP contribution in [0.5, 0.6) is 11.5 Å². The van der Waals surface area contributed by atoms with E-state index in [9.17, 15) is 18.0 Å². The van der Waals surface area contributed by atoms with E-state index in [1.54, 1.807) is 62.6 Å². The number of benzene rings is 3. The molecule has 0 saturated carbocycles. The summed E-state index contributed by atoms with van der Waals surface area (Å²) in [5, 5.41) is 3.14. The first kappa shape index (κ1) is 31.8. The molecule has 2 amide bonds. The highest BCUT2D eigenvalue weighted by molar-refractivity contribution is 7.92. The molecule has 1 atom stereocenters. The molecule has 0 aliphatic rings. The molecule has 1 N–H and O–H groups in total. The molecule has 3 rings (SSSR count). The number of nitrogens with one attached hydrogen (secondary N) is 1. The van der Waals surface area contributed by atoms with Crippen LogP contribution in [0.4, 0.5) is 5.69 Å². The van der Waals surface area contributed by atoms with Crippen molar-refractivity contribution in [3.05, 3.63) is 83.4 Å². The van der Waals surface area contributed by atoms with Gasteiger partial charge in [0, 0.05) is 17.6 Å². The maximum absolute atomic E-state index is 14.1. The Labute approximate surface area is 247 Å². The number of anilines is 1. The van der Waals surface area contributed by atoms with Gasteiger partial charge in [-0.3, -0.25) is 13.9 Å². The Balaban J connectivity index is 2.11. The van der Waals surface area contributed by atoms with E-state index in [-0.39, 0.29) is 39.8 Å². The minimum Gasteiger partial charge on any atom is -0.497 e. The SMILES string of the molecule is CC[C@@H](C(=O)NC(C)C)N(Cc1ccc(OC)cc1)C(=O)CN(c1cc(Cl)ccc1OC)S(=O)(=O)c1ccccc1. The summed E-state index contributed by atoms with van der Waals surface area (Å²) in [6, 6.07) is 18.4. The number of carbonyl (C=O) groups excluding carboxylic acids is 2. The minimum absolute atomic E-state index is 0.0128. The smallest absolute Gasteiger partial charge is 0.264 e. The highest BCUT2D eigenvalue weighted by Crippen LogP contribution is 2.35. The summed E-state index contributed by atoms with van der Waals surface area (Å²) < 4.78 is 39.6. The van der Waals surface area contributed by atoms with Gasteiger partial charge in [0.25, 0.3) is 10.0 Å². The van der Waals surface area contributed by atoms with Gasteiger partial charge in [-0.2, -0.15) is 0 Å². The van der Waals surface area contributed by atoms with E-state index in [1.165, 1.54) is 36.3 Å². The number of rotatable bonds is 13. The molecule has 0 unspecified atom stereocenters. The summed E-state index contributed by atoms with van der Waals surface area (Å²) in [5.74, 6) is -0.0484. The van der Waals surface area contributed by atoms with Crippen LogP contribution < -0.4 is 19.1 Å². The summed E-state index contributed by atoms with van der Waals surface area (Å²) in [6.45, 7) is 4.94. The average molecular weight is 602 g/mol. The number of halogens is 1. The first-order valence-electron chi connectivity index (χ1n) is 13.2. The molecule has 3 aromatic carbocycles. The van der Waals surface area contributed by atoms with E-state index in [1.807, 2.05) is 13.8 Å². The van der Waals surface area contributed by atoms with Crippen LogP contribution in [-0.2, 0) is 26.2 Å². The molecular weight excluding hydrogens is 566 g/mol. The van der Waals surface area contributed by atoms with Crippen molar-refractivity contribution < 1.29 is 27.5 Å². The number of methoxy groups -OCH3 is 2. The molecule has 0 radical (unpaired) electrons. The van der Waals surface area contributed by atoms with Crippen molar-refractivity contribution in [2.75, 3.05) is 25.1 Å². The van der Waals surface area contributed by atoms with Crippen LogP contribution in [0.1, 0.15) is 32.8 Å². The molecule has 0 aliphatic heterocycles. The second kappa shape index (κ2) is 14.2. The van der Waals surface area contributed by atoms with Gasteiger partial charge in [-0.1, -0.05) is 48.9 Å². The lowest BCUT2D eigenvalue weighted by Crippen LogP contribution is -2.53. The molecule has 41 heavy (non-hydrogen) atoms. The Hall–Kier alpha value is -3.76. The molecule has 9 nitrogen and oxygen atoms in total. The van der Waals surface area contributed by atoms with Crippen molar-refractivity contribution in [2.45, 2.75) is 50.7 Å². The molecule has 0 bridgehead atoms. The van der Waals surface area contributed by atoms with Gasteiger partial charge >= 0.3 is 0 Å². The molecular formula is C30H36ClN3O6S. The molecule has 0 saturated heterocycles. The maximum atomic E-state index is 14.1. The Kier molecular flexibility index (Phi) is 11.0. The zero-order valence-corrected chi connectivity index (χ0v) is 25.4. The number of nitrogens with zero attached hydrogens (tertiary/aromatic N) is 2. The topological polar surface area (TPSA) is 105 Å². The molecule has 0 aliphatic carbocycles. The second-order valence-electron chi connectivity index (χ2n) is 9.60. The van der Waals surface area contributed by atoms with E-state index >= 15 is 0 Å². The van der Waals surface area contributed by atoms with Gasteiger partial charge in [0.1, 0.15) is 24.1 Å². The van der Waals surface area contributed by atoms with E-state index < -0.39 is 28.5 Å². The lowest BCUT2D eigenvalue weighted by Gasteiger charge is -2.34. The van der Waals surface area contributed by atoms with Crippen LogP contribution in [-0.4, -0.2) is 58.0 Å². The van der Waals surface area contributed by atoms with Crippen LogP contribution in [0.2, 0.25) is 5.02 Å². The fourth-order valence-corrected chi connectivity index (χ4v) is 5.92. The third-order valence-electron chi connectivity index (χ3n) is 6.35. The summed E-state index contributed by atoms with van der Waals surface area (Å²) in [6.07, 6.45) is 0.312. The van der Waals surface area contributed by atoms with Gasteiger partial charge in [0.15, 0.2) is 0 Å². The summed E-state index contributed by atoms with van der Waals surface area (Å²) in [4.78, 5) is 28.8. The van der Waals surface area contributed by atoms with Gasteiger partial charge in [-0.25, -0.2) is 8.42 Å². The zero-order valence-electron chi connectivity index (χ0n) is 23.8. The van der Waals surface area contributed by atoms with Crippen LogP contribution >= 0.6 is 11.6 Å². The monoisotopic (exact) mass is 601 g/mol. The fraction of sp³-hybridized carbons (Fsp3) is 0.333. The molecule has 11 heteroatoms. The van der Waals surface area contributed by atoms with Crippen LogP contribution in [0, 0.1) is 0 Å². The lowest BCUT2D eigenvalue weighted by molar-refractivity contribution is -0.140. The van der Waals surface area contributed by atoms with Gasteiger partial charge in [-0.05, 0) is 68.3 Å². The van der Waals surface area contributed by atoms with E-state index in [2.05, 4.69) is 5.32 Å². The van der Waals surface area contributed by atoms with Crippen molar-refractivity contribution in [1.29, 1.82) is 0 Å². The van der Waals surface area contributed by atoms with Gasteiger partial charge in [-0.15, -0.1) is 0 Å². The number of hydrogen-bond acceptors (Lipinski definition) is 6. The van der Waals surface area contributed by atoms with Crippen LogP contribution in [0.25, 0.3) is 0 Å². The summed E-state index contributed by atoms with van der Waals surface area (Å²) >= 11 is 6.27. The molecule has 220 valence electrons. The maximum Gasteiger partial charge on any atom is 0.264 e. The van der Waals surface area contributed by atoms with Gasteiger partial charge in [0.05, 0.1) is 24.8 Å². The quantitative estimate of drug-likeness (QED) is 0.299. The van der Waals surface area contributed by atoms with Crippen molar-refractivity contribution in [2.24, 2.45) is 0 Å². The van der Waals surface area contributed by atoms with Crippen LogP contribution in [0.3, 0.4) is 0 Å². The molecule has 0 fully saturated rings. The zero-order chi connectivity index (χ0) is 30.2. The summed E-state index contributed by atoms with van der Waals surface area (Å²) in [5.41, 5.74) is 0.842. The summed E-state index contributed by atoms with van der Waals surface area (Å²) in [7, 11) is -1.30. The Morgan fingerprint density at radius 2 is 1.61 bits per heavy atom. The van der Waals surface area contributed by atoms with E-state index in [0.717, 1.165) is 9.87 Å². The molecule has 0 heterocycles. The van der Waals surface area contributed by atoms with E-state index in [4.69, 9.17) is 21.1 Å². The predicted octanol–water partition coefficient (Wildman–Crippen LogP) is 4.88. The Morgan fingerprint density at radius 1 is 0.951 bits per heavy atom. The second-order valence-corrected chi connectivity index (χ2v) is 11.9. The highest BCUT2D eigenvalue weighted by atomic mass is 35.5. The number of sulfonamides is 1. The fourth-order valence-electron chi connectivity index (χ4n) is 4.32. The van der Waals surface area contributed by atoms with E-state index in [0.29, 0.717) is 12.2 Å². The standard InChI is InChI=1S/C30H36ClN3O6S/c1-6-26(30(36)32-21(2)3)33(19-22-12-15-24(39-4)16-13-22)29(35)20-34(27-18-23(31)14-17-28(27)40-5)41(37,38)25-10-8-7-9-11-25/h7-18,21,26H,6,19-20H2,1-5H3,(H,32,36)/t26-/m0/s1. The third kappa shape index (κ3) is 7.92. The largest absolute Gasteiger partial charge is 0.497 e. The highest BCUT2D eigenvalue weighted by Gasteiger charge is 2.35. The van der Waals surface area contributed by atoms with Crippen LogP contribution in [0.15, 0.2) is 77.7 Å². The molecule has 3 aromatic rings. The van der Waals surface area contributed by atoms with Gasteiger partial charge in [0.2, 0.25) is 11.8 Å². The normalized spacial score (nSPS) is 12.0. The average Bonchev–Trinajstić information content (AvgIpc) is 2.96. The van der Waals surface area contributed by atoms with Crippen molar-refractivity contribution in [3.8, 4) is 11.5 Å². The lowest BCUT2D eigenvalue weighted by atomic mass is 10.1. The number of carbonyl (C=O) groups is 2. The van der Waals surface area contributed by atoms with Gasteiger partial charge < -0.3 is 19.7 Å². The van der Waals surface area contributed by atoms with Crippen molar-refractivity contribution >= 4 is 39.1 Å². The molecule has 0 spiro atoms. The number of amides is 2. The number of hydrogen-bond donors (Lipinski definition) is 1. The van der Waals surface area contributed by atoms with Crippen molar-refractivity contribution in [1.82, 2.24) is 10.2 Å². The number of ether oxygens (including phenoxy) is 2. The Bertz CT molecular complexity index is 1430. The first-order chi connectivity index (χ1) is 19.5. The predicted molar refractivity (Wildman–Crippen MR) is 160 cm³/mol. The Morgan fingerprint density at radius 3 is 2.17 bits per heavy atom. The van der Waals surface area contributed by atoms with Crippen molar-refractivity contribution in [3.63, 3.8) is 0 Å². The minimum atomic E-state index is -4.26. The third-order valence-corrected chi connectivity index (χ3v) is 8.36.